The molecule has 0 fully saturated rings. The predicted molar refractivity (Wildman–Crippen MR) is 102 cm³/mol. The van der Waals surface area contributed by atoms with E-state index in [1.54, 1.807) is 0 Å². The highest BCUT2D eigenvalue weighted by Gasteiger charge is 2.38. The van der Waals surface area contributed by atoms with Crippen LogP contribution in [0.1, 0.15) is 107 Å². The van der Waals surface area contributed by atoms with Gasteiger partial charge in [0.1, 0.15) is 0 Å². The first-order valence-electron chi connectivity index (χ1n) is 9.64. The van der Waals surface area contributed by atoms with Crippen LogP contribution in [-0.2, 0) is 9.68 Å². The van der Waals surface area contributed by atoms with Crippen molar-refractivity contribution in [2.45, 2.75) is 107 Å². The smallest absolute Gasteiger partial charge is 0.301 e. The Morgan fingerprint density at radius 3 is 1.79 bits per heavy atom. The molecule has 0 saturated heterocycles. The highest BCUT2D eigenvalue weighted by Crippen LogP contribution is 2.41. The largest absolute Gasteiger partial charge is 0.345 e. The Hall–Kier alpha value is -0.570. The van der Waals surface area contributed by atoms with Gasteiger partial charge in [-0.15, -0.1) is 0 Å². The average Bonchev–Trinajstić information content (AvgIpc) is 2.36. The number of unbranched alkanes of at least 4 members (excludes halogenated alkanes) is 4. The van der Waals surface area contributed by atoms with E-state index >= 15 is 0 Å². The first-order valence-corrected chi connectivity index (χ1v) is 9.64. The monoisotopic (exact) mass is 342 g/mol. The third-order valence-electron chi connectivity index (χ3n) is 4.72. The molecule has 0 aliphatic rings. The van der Waals surface area contributed by atoms with Crippen LogP contribution in [0.15, 0.2) is 0 Å². The van der Waals surface area contributed by atoms with E-state index in [1.807, 2.05) is 0 Å². The minimum atomic E-state index is -0.475. The summed E-state index contributed by atoms with van der Waals surface area (Å²) >= 11 is 0. The summed E-state index contributed by atoms with van der Waals surface area (Å²) < 4.78 is 0. The molecule has 1 atom stereocenters. The van der Waals surface area contributed by atoms with Crippen LogP contribution in [0.5, 0.6) is 0 Å². The zero-order valence-electron chi connectivity index (χ0n) is 17.5. The Morgan fingerprint density at radius 2 is 1.33 bits per heavy atom. The first kappa shape index (κ1) is 23.4. The van der Waals surface area contributed by atoms with Crippen molar-refractivity contribution in [1.82, 2.24) is 0 Å². The van der Waals surface area contributed by atoms with Gasteiger partial charge in [0.15, 0.2) is 0 Å². The maximum Gasteiger partial charge on any atom is 0.345 e. The molecule has 3 heteroatoms. The molecule has 1 unspecified atom stereocenters. The van der Waals surface area contributed by atoms with E-state index in [9.17, 15) is 4.79 Å². The Labute approximate surface area is 150 Å². The fraction of sp³-hybridized carbons (Fsp3) is 0.952. The molecule has 0 aromatic carbocycles. The standard InChI is InChI=1S/C21H42O3/c1-19(2,3)15-13-11-9-10-12-14-17(18(22)24-23)21(7,8)16-20(4,5)6/h17,23H,9-16H2,1-8H3. The molecule has 0 rings (SSSR count). The van der Waals surface area contributed by atoms with Crippen molar-refractivity contribution >= 4 is 5.97 Å². The molecular weight excluding hydrogens is 300 g/mol. The van der Waals surface area contributed by atoms with E-state index in [0.29, 0.717) is 5.41 Å². The summed E-state index contributed by atoms with van der Waals surface area (Å²) in [6, 6.07) is 0. The second-order valence-corrected chi connectivity index (χ2v) is 10.6. The fourth-order valence-corrected chi connectivity index (χ4v) is 3.92. The Kier molecular flexibility index (Phi) is 9.56. The van der Waals surface area contributed by atoms with Gasteiger partial charge in [0.05, 0.1) is 5.92 Å². The van der Waals surface area contributed by atoms with Gasteiger partial charge in [-0.05, 0) is 35.5 Å². The molecule has 3 nitrogen and oxygen atoms in total. The lowest BCUT2D eigenvalue weighted by molar-refractivity contribution is -0.243. The molecule has 0 bridgehead atoms. The Morgan fingerprint density at radius 1 is 0.833 bits per heavy atom. The highest BCUT2D eigenvalue weighted by molar-refractivity contribution is 5.72. The van der Waals surface area contributed by atoms with Crippen LogP contribution in [0.3, 0.4) is 0 Å². The van der Waals surface area contributed by atoms with Crippen LogP contribution < -0.4 is 0 Å². The van der Waals surface area contributed by atoms with Crippen molar-refractivity contribution in [3.63, 3.8) is 0 Å². The van der Waals surface area contributed by atoms with Crippen LogP contribution in [0, 0.1) is 22.2 Å². The molecule has 0 saturated carbocycles. The quantitative estimate of drug-likeness (QED) is 0.268. The van der Waals surface area contributed by atoms with E-state index in [4.69, 9.17) is 5.26 Å². The van der Waals surface area contributed by atoms with Gasteiger partial charge >= 0.3 is 5.97 Å². The van der Waals surface area contributed by atoms with Crippen LogP contribution in [0.4, 0.5) is 0 Å². The van der Waals surface area contributed by atoms with E-state index in [2.05, 4.69) is 60.3 Å². The van der Waals surface area contributed by atoms with Gasteiger partial charge < -0.3 is 4.89 Å². The zero-order valence-corrected chi connectivity index (χ0v) is 17.5. The van der Waals surface area contributed by atoms with Crippen LogP contribution in [0.2, 0.25) is 0 Å². The molecule has 0 aromatic heterocycles. The van der Waals surface area contributed by atoms with Crippen molar-refractivity contribution in [3.05, 3.63) is 0 Å². The van der Waals surface area contributed by atoms with Gasteiger partial charge in [0, 0.05) is 0 Å². The van der Waals surface area contributed by atoms with Gasteiger partial charge in [-0.1, -0.05) is 87.5 Å². The summed E-state index contributed by atoms with van der Waals surface area (Å²) in [5, 5.41) is 8.87. The molecular formula is C21H42O3. The van der Waals surface area contributed by atoms with Gasteiger partial charge in [-0.3, -0.25) is 0 Å². The van der Waals surface area contributed by atoms with Crippen molar-refractivity contribution in [2.24, 2.45) is 22.2 Å². The normalized spacial score (nSPS) is 14.5. The molecule has 0 radical (unpaired) electrons. The number of rotatable bonds is 10. The average molecular weight is 343 g/mol. The van der Waals surface area contributed by atoms with E-state index in [-0.39, 0.29) is 16.7 Å². The van der Waals surface area contributed by atoms with E-state index in [1.165, 1.54) is 25.7 Å². The van der Waals surface area contributed by atoms with Crippen LogP contribution >= 0.6 is 0 Å². The maximum atomic E-state index is 12.0. The van der Waals surface area contributed by atoms with Crippen LogP contribution in [-0.4, -0.2) is 11.2 Å². The second kappa shape index (κ2) is 9.79. The highest BCUT2D eigenvalue weighted by atomic mass is 17.1. The molecule has 0 aliphatic carbocycles. The summed E-state index contributed by atoms with van der Waals surface area (Å²) in [6.07, 6.45) is 8.90. The molecule has 0 heterocycles. The van der Waals surface area contributed by atoms with Gasteiger partial charge in [-0.25, -0.2) is 4.79 Å². The lowest BCUT2D eigenvalue weighted by atomic mass is 9.67. The first-order chi connectivity index (χ1) is 10.8. The number of carbonyl (C=O) groups excluding carboxylic acids is 1. The van der Waals surface area contributed by atoms with E-state index in [0.717, 1.165) is 25.7 Å². The summed E-state index contributed by atoms with van der Waals surface area (Å²) in [7, 11) is 0. The second-order valence-electron chi connectivity index (χ2n) is 10.6. The minimum absolute atomic E-state index is 0.143. The van der Waals surface area contributed by atoms with Gasteiger partial charge in [0.2, 0.25) is 0 Å². The third kappa shape index (κ3) is 11.1. The summed E-state index contributed by atoms with van der Waals surface area (Å²) in [5.74, 6) is -0.715. The number of hydrogen-bond donors (Lipinski definition) is 1. The third-order valence-corrected chi connectivity index (χ3v) is 4.72. The minimum Gasteiger partial charge on any atom is -0.301 e. The van der Waals surface area contributed by atoms with Crippen LogP contribution in [0.25, 0.3) is 0 Å². The fourth-order valence-electron chi connectivity index (χ4n) is 3.92. The molecule has 0 aromatic rings. The van der Waals surface area contributed by atoms with Crippen molar-refractivity contribution in [3.8, 4) is 0 Å². The molecule has 0 spiro atoms. The summed E-state index contributed by atoms with van der Waals surface area (Å²) in [5.41, 5.74) is 0.391. The number of hydrogen-bond acceptors (Lipinski definition) is 3. The summed E-state index contributed by atoms with van der Waals surface area (Å²) in [6.45, 7) is 17.6. The lowest BCUT2D eigenvalue weighted by Crippen LogP contribution is -2.35. The van der Waals surface area contributed by atoms with Gasteiger partial charge in [-0.2, -0.15) is 5.26 Å². The number of carbonyl (C=O) groups is 1. The summed E-state index contributed by atoms with van der Waals surface area (Å²) in [4.78, 5) is 16.2. The Bertz CT molecular complexity index is 358. The molecule has 144 valence electrons. The zero-order chi connectivity index (χ0) is 19.0. The van der Waals surface area contributed by atoms with Crippen molar-refractivity contribution in [2.75, 3.05) is 0 Å². The van der Waals surface area contributed by atoms with Gasteiger partial charge in [0.25, 0.3) is 0 Å². The molecule has 1 N–H and O–H groups in total. The Balaban J connectivity index is 4.34. The van der Waals surface area contributed by atoms with E-state index < -0.39 is 5.97 Å². The predicted octanol–water partition coefficient (Wildman–Crippen LogP) is 6.86. The van der Waals surface area contributed by atoms with Crippen molar-refractivity contribution < 1.29 is 14.9 Å². The topological polar surface area (TPSA) is 46.5 Å². The molecule has 24 heavy (non-hydrogen) atoms. The maximum absolute atomic E-state index is 12.0. The molecule has 0 amide bonds. The van der Waals surface area contributed by atoms with Crippen molar-refractivity contribution in [1.29, 1.82) is 0 Å². The molecule has 0 aliphatic heterocycles. The lowest BCUT2D eigenvalue weighted by Gasteiger charge is -2.37. The SMILES string of the molecule is CC(C)(C)CCCCCCCC(C(=O)OO)C(C)(C)CC(C)(C)C.